The monoisotopic (exact) mass is 146 g/mol. The van der Waals surface area contributed by atoms with Gasteiger partial charge in [0.25, 0.3) is 0 Å². The van der Waals surface area contributed by atoms with Gasteiger partial charge in [0.05, 0.1) is 0 Å². The van der Waals surface area contributed by atoms with Crippen molar-refractivity contribution in [2.75, 3.05) is 11.5 Å². The Morgan fingerprint density at radius 2 is 2.33 bits per heavy atom. The van der Waals surface area contributed by atoms with Gasteiger partial charge in [-0.3, -0.25) is 4.21 Å². The lowest BCUT2D eigenvalue weighted by molar-refractivity contribution is 0.681. The highest BCUT2D eigenvalue weighted by Gasteiger charge is 1.92. The summed E-state index contributed by atoms with van der Waals surface area (Å²) in [6, 6.07) is 0. The minimum atomic E-state index is -0.638. The molecule has 0 aliphatic rings. The Bertz CT molecular complexity index is 99.1. The molecule has 1 nitrogen and oxygen atoms in total. The van der Waals surface area contributed by atoms with Crippen LogP contribution in [0, 0.1) is 0 Å². The molecule has 0 amide bonds. The molecule has 0 aliphatic heterocycles. The van der Waals surface area contributed by atoms with E-state index in [0.29, 0.717) is 5.75 Å². The van der Waals surface area contributed by atoms with E-state index in [4.69, 9.17) is 0 Å². The molecule has 0 N–H and O–H groups in total. The minimum absolute atomic E-state index is 0.638. The molecule has 0 spiro atoms. The van der Waals surface area contributed by atoms with Crippen LogP contribution < -0.4 is 0 Å². The fourth-order valence-corrected chi connectivity index (χ4v) is 1.56. The van der Waals surface area contributed by atoms with E-state index in [1.165, 1.54) is 0 Å². The van der Waals surface area contributed by atoms with Gasteiger partial charge in [-0.05, 0) is 6.42 Å². The third-order valence-corrected chi connectivity index (χ3v) is 2.38. The van der Waals surface area contributed by atoms with E-state index >= 15 is 0 Å². The lowest BCUT2D eigenvalue weighted by Crippen LogP contribution is -1.99. The quantitative estimate of drug-likeness (QED) is 0.540. The van der Waals surface area contributed by atoms with Gasteiger partial charge in [-0.2, -0.15) is 0 Å². The summed E-state index contributed by atoms with van der Waals surface area (Å²) >= 11 is 0. The van der Waals surface area contributed by atoms with Crippen molar-refractivity contribution in [1.82, 2.24) is 0 Å². The molecule has 0 aromatic rings. The topological polar surface area (TPSA) is 17.1 Å². The first-order valence-electron chi connectivity index (χ1n) is 3.27. The number of unbranched alkanes of at least 4 members (excludes halogenated alkanes) is 1. The Kier molecular flexibility index (Phi) is 5.94. The van der Waals surface area contributed by atoms with Crippen LogP contribution in [0.3, 0.4) is 0 Å². The lowest BCUT2D eigenvalue weighted by atomic mass is 10.4. The van der Waals surface area contributed by atoms with Gasteiger partial charge in [0.1, 0.15) is 0 Å². The van der Waals surface area contributed by atoms with E-state index < -0.39 is 10.8 Å². The second-order valence-electron chi connectivity index (χ2n) is 1.95. The van der Waals surface area contributed by atoms with Crippen molar-refractivity contribution in [2.45, 2.75) is 19.8 Å². The maximum atomic E-state index is 10.8. The molecule has 54 valence electrons. The second kappa shape index (κ2) is 6.02. The smallest absolute Gasteiger partial charge is 0.0412 e. The van der Waals surface area contributed by atoms with Gasteiger partial charge in [0.15, 0.2) is 0 Å². The highest BCUT2D eigenvalue weighted by atomic mass is 32.2. The Morgan fingerprint density at radius 1 is 1.67 bits per heavy atom. The zero-order valence-electron chi connectivity index (χ0n) is 5.93. The third-order valence-electron chi connectivity index (χ3n) is 1.03. The van der Waals surface area contributed by atoms with Gasteiger partial charge in [-0.15, -0.1) is 6.58 Å². The highest BCUT2D eigenvalue weighted by molar-refractivity contribution is 7.85. The first-order valence-corrected chi connectivity index (χ1v) is 4.76. The predicted molar refractivity (Wildman–Crippen MR) is 43.0 cm³/mol. The van der Waals surface area contributed by atoms with Crippen LogP contribution in [0.2, 0.25) is 0 Å². The molecule has 0 radical (unpaired) electrons. The van der Waals surface area contributed by atoms with Gasteiger partial charge in [0.2, 0.25) is 0 Å². The molecule has 0 saturated heterocycles. The average Bonchev–Trinajstić information content (AvgIpc) is 1.85. The van der Waals surface area contributed by atoms with Gasteiger partial charge >= 0.3 is 0 Å². The first kappa shape index (κ1) is 8.89. The van der Waals surface area contributed by atoms with Crippen LogP contribution in [0.25, 0.3) is 0 Å². The van der Waals surface area contributed by atoms with Crippen molar-refractivity contribution in [2.24, 2.45) is 0 Å². The summed E-state index contributed by atoms with van der Waals surface area (Å²) in [4.78, 5) is 0. The predicted octanol–water partition coefficient (Wildman–Crippen LogP) is 1.72. The molecule has 2 heteroatoms. The summed E-state index contributed by atoms with van der Waals surface area (Å²) in [5.74, 6) is 1.49. The van der Waals surface area contributed by atoms with E-state index in [1.54, 1.807) is 6.08 Å². The van der Waals surface area contributed by atoms with E-state index in [1.807, 2.05) is 0 Å². The largest absolute Gasteiger partial charge is 0.259 e. The van der Waals surface area contributed by atoms with Crippen molar-refractivity contribution in [3.63, 3.8) is 0 Å². The van der Waals surface area contributed by atoms with Crippen molar-refractivity contribution in [3.8, 4) is 0 Å². The van der Waals surface area contributed by atoms with E-state index in [-0.39, 0.29) is 0 Å². The molecule has 0 fully saturated rings. The molecule has 9 heavy (non-hydrogen) atoms. The molecule has 1 atom stereocenters. The van der Waals surface area contributed by atoms with Gasteiger partial charge in [0, 0.05) is 22.3 Å². The Morgan fingerprint density at radius 3 is 2.78 bits per heavy atom. The summed E-state index contributed by atoms with van der Waals surface area (Å²) in [5, 5.41) is 0. The molecule has 0 rings (SSSR count). The molecule has 0 saturated carbocycles. The first-order chi connectivity index (χ1) is 4.31. The second-order valence-corrected chi connectivity index (χ2v) is 3.57. The van der Waals surface area contributed by atoms with Crippen LogP contribution >= 0.6 is 0 Å². The summed E-state index contributed by atoms with van der Waals surface area (Å²) in [5.41, 5.74) is 0. The van der Waals surface area contributed by atoms with Crippen LogP contribution in [0.15, 0.2) is 12.7 Å². The van der Waals surface area contributed by atoms with Gasteiger partial charge in [-0.1, -0.05) is 19.4 Å². The number of hydrogen-bond donors (Lipinski definition) is 0. The molecule has 0 aromatic heterocycles. The van der Waals surface area contributed by atoms with Crippen LogP contribution in [0.4, 0.5) is 0 Å². The minimum Gasteiger partial charge on any atom is -0.259 e. The zero-order chi connectivity index (χ0) is 7.11. The molecule has 0 bridgehead atoms. The lowest BCUT2D eigenvalue weighted by Gasteiger charge is -1.93. The van der Waals surface area contributed by atoms with Crippen molar-refractivity contribution < 1.29 is 4.21 Å². The summed E-state index contributed by atoms with van der Waals surface area (Å²) < 4.78 is 10.8. The van der Waals surface area contributed by atoms with Crippen molar-refractivity contribution in [1.29, 1.82) is 0 Å². The van der Waals surface area contributed by atoms with Crippen LogP contribution in [-0.4, -0.2) is 15.7 Å². The Hall–Kier alpha value is -0.110. The molecular formula is C7H14OS. The van der Waals surface area contributed by atoms with Crippen LogP contribution in [0.1, 0.15) is 19.8 Å². The van der Waals surface area contributed by atoms with Gasteiger partial charge < -0.3 is 0 Å². The summed E-state index contributed by atoms with van der Waals surface area (Å²) in [6.07, 6.45) is 3.91. The van der Waals surface area contributed by atoms with Crippen LogP contribution in [-0.2, 0) is 10.8 Å². The van der Waals surface area contributed by atoms with Crippen molar-refractivity contribution >= 4 is 10.8 Å². The molecule has 0 aliphatic carbocycles. The molecule has 0 heterocycles. The Balaban J connectivity index is 3.16. The van der Waals surface area contributed by atoms with Crippen molar-refractivity contribution in [3.05, 3.63) is 12.7 Å². The zero-order valence-corrected chi connectivity index (χ0v) is 6.75. The average molecular weight is 146 g/mol. The highest BCUT2D eigenvalue weighted by Crippen LogP contribution is 1.91. The normalized spacial score (nSPS) is 13.0. The Labute approximate surface area is 59.6 Å². The van der Waals surface area contributed by atoms with E-state index in [9.17, 15) is 4.21 Å². The number of rotatable bonds is 5. The third kappa shape index (κ3) is 5.77. The maximum Gasteiger partial charge on any atom is 0.0412 e. The maximum absolute atomic E-state index is 10.8. The number of hydrogen-bond acceptors (Lipinski definition) is 1. The fraction of sp³-hybridized carbons (Fsp3) is 0.714. The standard InChI is InChI=1S/C7H14OS/c1-3-5-7-9(8)6-4-2/h4H,2-3,5-7H2,1H3. The van der Waals surface area contributed by atoms with E-state index in [0.717, 1.165) is 18.6 Å². The SMILES string of the molecule is C=CCS(=O)CCCC. The molecule has 1 unspecified atom stereocenters. The fourth-order valence-electron chi connectivity index (χ4n) is 0.520. The van der Waals surface area contributed by atoms with E-state index in [2.05, 4.69) is 13.5 Å². The van der Waals surface area contributed by atoms with Crippen LogP contribution in [0.5, 0.6) is 0 Å². The molecular weight excluding hydrogens is 132 g/mol. The summed E-state index contributed by atoms with van der Waals surface area (Å²) in [7, 11) is -0.638. The molecule has 0 aromatic carbocycles. The summed E-state index contributed by atoms with van der Waals surface area (Å²) in [6.45, 7) is 5.62. The van der Waals surface area contributed by atoms with Gasteiger partial charge in [-0.25, -0.2) is 0 Å².